The summed E-state index contributed by atoms with van der Waals surface area (Å²) in [6.45, 7) is 3.82. The number of amides is 1. The highest BCUT2D eigenvalue weighted by Crippen LogP contribution is 2.03. The zero-order chi connectivity index (χ0) is 9.14. The molecule has 1 aromatic rings. The van der Waals surface area contributed by atoms with Crippen LogP contribution in [0.1, 0.15) is 21.7 Å². The van der Waals surface area contributed by atoms with Crippen LogP contribution in [0, 0.1) is 13.8 Å². The van der Waals surface area contributed by atoms with E-state index in [9.17, 15) is 4.79 Å². The van der Waals surface area contributed by atoms with Gasteiger partial charge in [0.2, 0.25) is 0 Å². The Bertz CT molecular complexity index is 287. The Balaban J connectivity index is 3.08. The van der Waals surface area contributed by atoms with Crippen LogP contribution in [0.3, 0.4) is 0 Å². The molecule has 0 aliphatic heterocycles. The van der Waals surface area contributed by atoms with Gasteiger partial charge in [-0.05, 0) is 31.5 Å². The van der Waals surface area contributed by atoms with Crippen LogP contribution >= 0.6 is 0 Å². The molecule has 0 radical (unpaired) electrons. The summed E-state index contributed by atoms with van der Waals surface area (Å²) < 4.78 is 0. The van der Waals surface area contributed by atoms with E-state index in [1.165, 1.54) is 0 Å². The molecular formula is C9H12N2O. The van der Waals surface area contributed by atoms with Crippen molar-refractivity contribution in [3.05, 3.63) is 29.1 Å². The average molecular weight is 164 g/mol. The normalized spacial score (nSPS) is 9.58. The molecule has 0 saturated carbocycles. The quantitative estimate of drug-likeness (QED) is 0.674. The lowest BCUT2D eigenvalue weighted by atomic mass is 10.2. The monoisotopic (exact) mass is 164 g/mol. The van der Waals surface area contributed by atoms with Crippen LogP contribution in [0.25, 0.3) is 0 Å². The number of nitrogens with one attached hydrogen (secondary N) is 1. The van der Waals surface area contributed by atoms with Gasteiger partial charge in [-0.2, -0.15) is 0 Å². The molecule has 1 aromatic heterocycles. The summed E-state index contributed by atoms with van der Waals surface area (Å²) in [6.07, 6.45) is 0. The minimum atomic E-state index is -0.137. The van der Waals surface area contributed by atoms with Crippen LogP contribution in [-0.2, 0) is 0 Å². The molecule has 0 bridgehead atoms. The molecule has 0 spiro atoms. The summed E-state index contributed by atoms with van der Waals surface area (Å²) in [4.78, 5) is 15.2. The zero-order valence-electron chi connectivity index (χ0n) is 7.51. The Kier molecular flexibility index (Phi) is 2.43. The maximum absolute atomic E-state index is 11.1. The van der Waals surface area contributed by atoms with Gasteiger partial charge in [-0.3, -0.25) is 4.79 Å². The van der Waals surface area contributed by atoms with Crippen molar-refractivity contribution >= 4 is 5.91 Å². The second-order valence-electron chi connectivity index (χ2n) is 2.75. The lowest BCUT2D eigenvalue weighted by Crippen LogP contribution is -2.19. The smallest absolute Gasteiger partial charge is 0.269 e. The summed E-state index contributed by atoms with van der Waals surface area (Å²) in [7, 11) is 1.60. The van der Waals surface area contributed by atoms with Crippen LogP contribution in [0.2, 0.25) is 0 Å². The van der Waals surface area contributed by atoms with Crippen molar-refractivity contribution in [1.29, 1.82) is 0 Å². The third-order valence-electron chi connectivity index (χ3n) is 1.56. The van der Waals surface area contributed by atoms with Crippen molar-refractivity contribution in [2.45, 2.75) is 13.8 Å². The minimum absolute atomic E-state index is 0.137. The Morgan fingerprint density at radius 3 is 2.58 bits per heavy atom. The van der Waals surface area contributed by atoms with Gasteiger partial charge in [0, 0.05) is 12.7 Å². The minimum Gasteiger partial charge on any atom is -0.354 e. The third-order valence-corrected chi connectivity index (χ3v) is 1.56. The molecule has 0 atom stereocenters. The molecule has 1 amide bonds. The first-order valence-corrected chi connectivity index (χ1v) is 3.81. The molecule has 3 nitrogen and oxygen atoms in total. The van der Waals surface area contributed by atoms with Crippen LogP contribution < -0.4 is 5.32 Å². The van der Waals surface area contributed by atoms with Crippen LogP contribution in [0.5, 0.6) is 0 Å². The topological polar surface area (TPSA) is 42.0 Å². The van der Waals surface area contributed by atoms with Gasteiger partial charge < -0.3 is 5.32 Å². The van der Waals surface area contributed by atoms with Gasteiger partial charge in [0.15, 0.2) is 0 Å². The van der Waals surface area contributed by atoms with Crippen molar-refractivity contribution in [1.82, 2.24) is 10.3 Å². The molecule has 0 fully saturated rings. The fraction of sp³-hybridized carbons (Fsp3) is 0.333. The van der Waals surface area contributed by atoms with Crippen molar-refractivity contribution < 1.29 is 4.79 Å². The number of pyridine rings is 1. The first-order chi connectivity index (χ1) is 5.63. The maximum Gasteiger partial charge on any atom is 0.269 e. The summed E-state index contributed by atoms with van der Waals surface area (Å²) >= 11 is 0. The number of carbonyl (C=O) groups excluding carboxylic acids is 1. The lowest BCUT2D eigenvalue weighted by molar-refractivity contribution is 0.0958. The molecular weight excluding hydrogens is 152 g/mol. The van der Waals surface area contributed by atoms with E-state index >= 15 is 0 Å². The van der Waals surface area contributed by atoms with Gasteiger partial charge in [-0.25, -0.2) is 4.98 Å². The predicted molar refractivity (Wildman–Crippen MR) is 47.1 cm³/mol. The Morgan fingerprint density at radius 2 is 2.08 bits per heavy atom. The molecule has 1 rings (SSSR count). The van der Waals surface area contributed by atoms with Crippen molar-refractivity contribution in [2.75, 3.05) is 7.05 Å². The van der Waals surface area contributed by atoms with Gasteiger partial charge in [-0.1, -0.05) is 0 Å². The fourth-order valence-corrected chi connectivity index (χ4v) is 1.09. The number of nitrogens with zero attached hydrogens (tertiary/aromatic N) is 1. The SMILES string of the molecule is CNC(=O)c1cc(C)cc(C)n1. The first-order valence-electron chi connectivity index (χ1n) is 3.81. The number of hydrogen-bond acceptors (Lipinski definition) is 2. The van der Waals surface area contributed by atoms with E-state index in [2.05, 4.69) is 10.3 Å². The lowest BCUT2D eigenvalue weighted by Gasteiger charge is -2.01. The molecule has 1 N–H and O–H groups in total. The van der Waals surface area contributed by atoms with E-state index < -0.39 is 0 Å². The summed E-state index contributed by atoms with van der Waals surface area (Å²) in [5, 5.41) is 2.53. The zero-order valence-corrected chi connectivity index (χ0v) is 7.51. The molecule has 12 heavy (non-hydrogen) atoms. The fourth-order valence-electron chi connectivity index (χ4n) is 1.09. The Morgan fingerprint density at radius 1 is 1.42 bits per heavy atom. The Hall–Kier alpha value is -1.38. The number of carbonyl (C=O) groups is 1. The molecule has 64 valence electrons. The summed E-state index contributed by atoms with van der Waals surface area (Å²) in [5.74, 6) is -0.137. The standard InChI is InChI=1S/C9H12N2O/c1-6-4-7(2)11-8(5-6)9(12)10-3/h4-5H,1-3H3,(H,10,12). The van der Waals surface area contributed by atoms with E-state index in [1.54, 1.807) is 13.1 Å². The van der Waals surface area contributed by atoms with Gasteiger partial charge in [0.25, 0.3) is 5.91 Å². The van der Waals surface area contributed by atoms with E-state index in [-0.39, 0.29) is 5.91 Å². The van der Waals surface area contributed by atoms with E-state index in [0.717, 1.165) is 11.3 Å². The molecule has 0 saturated heterocycles. The van der Waals surface area contributed by atoms with Gasteiger partial charge >= 0.3 is 0 Å². The van der Waals surface area contributed by atoms with E-state index in [0.29, 0.717) is 5.69 Å². The van der Waals surface area contributed by atoms with Gasteiger partial charge in [-0.15, -0.1) is 0 Å². The predicted octanol–water partition coefficient (Wildman–Crippen LogP) is 1.06. The van der Waals surface area contributed by atoms with E-state index in [4.69, 9.17) is 0 Å². The van der Waals surface area contributed by atoms with Crippen molar-refractivity contribution in [2.24, 2.45) is 0 Å². The molecule has 0 aliphatic carbocycles. The average Bonchev–Trinajstić information content (AvgIpc) is 2.01. The molecule has 0 aliphatic rings. The van der Waals surface area contributed by atoms with Crippen LogP contribution in [0.4, 0.5) is 0 Å². The maximum atomic E-state index is 11.1. The number of rotatable bonds is 1. The van der Waals surface area contributed by atoms with Crippen LogP contribution in [-0.4, -0.2) is 17.9 Å². The number of aryl methyl sites for hydroxylation is 2. The summed E-state index contributed by atoms with van der Waals surface area (Å²) in [5.41, 5.74) is 2.41. The highest BCUT2D eigenvalue weighted by atomic mass is 16.1. The first kappa shape index (κ1) is 8.71. The van der Waals surface area contributed by atoms with Crippen LogP contribution in [0.15, 0.2) is 12.1 Å². The van der Waals surface area contributed by atoms with Gasteiger partial charge in [0.1, 0.15) is 5.69 Å². The number of aromatic nitrogens is 1. The largest absolute Gasteiger partial charge is 0.354 e. The molecule has 0 aromatic carbocycles. The summed E-state index contributed by atoms with van der Waals surface area (Å²) in [6, 6.07) is 3.71. The number of hydrogen-bond donors (Lipinski definition) is 1. The highest BCUT2D eigenvalue weighted by molar-refractivity contribution is 5.92. The third kappa shape index (κ3) is 1.81. The second kappa shape index (κ2) is 3.34. The second-order valence-corrected chi connectivity index (χ2v) is 2.75. The molecule has 3 heteroatoms. The van der Waals surface area contributed by atoms with E-state index in [1.807, 2.05) is 19.9 Å². The van der Waals surface area contributed by atoms with Crippen molar-refractivity contribution in [3.63, 3.8) is 0 Å². The highest BCUT2D eigenvalue weighted by Gasteiger charge is 2.04. The molecule has 0 unspecified atom stereocenters. The van der Waals surface area contributed by atoms with Gasteiger partial charge in [0.05, 0.1) is 0 Å². The molecule has 1 heterocycles. The Labute approximate surface area is 71.8 Å². The van der Waals surface area contributed by atoms with Crippen molar-refractivity contribution in [3.8, 4) is 0 Å².